The van der Waals surface area contributed by atoms with Crippen LogP contribution in [0.5, 0.6) is 0 Å². The van der Waals surface area contributed by atoms with Gasteiger partial charge in [0.15, 0.2) is 0 Å². The Labute approximate surface area is 114 Å². The number of fused-ring (bicyclic) bond motifs is 1. The van der Waals surface area contributed by atoms with Crippen molar-refractivity contribution in [1.29, 1.82) is 0 Å². The van der Waals surface area contributed by atoms with Crippen molar-refractivity contribution in [1.82, 2.24) is 15.2 Å². The highest BCUT2D eigenvalue weighted by Crippen LogP contribution is 2.25. The van der Waals surface area contributed by atoms with E-state index >= 15 is 0 Å². The van der Waals surface area contributed by atoms with E-state index in [-0.39, 0.29) is 0 Å². The van der Waals surface area contributed by atoms with Crippen LogP contribution in [0.15, 0.2) is 24.5 Å². The molecule has 2 aliphatic rings. The standard InChI is InChI=1S/C15H21N3O/c19-15(2-1-12-3-7-16-8-4-12)18-10-6-14-13(11-18)5-9-17-14/h3-4,7-8,13-14,17H,1-2,5-6,9-11H2. The zero-order valence-corrected chi connectivity index (χ0v) is 11.2. The third kappa shape index (κ3) is 2.95. The van der Waals surface area contributed by atoms with Crippen LogP contribution in [0.1, 0.15) is 24.8 Å². The van der Waals surface area contributed by atoms with Gasteiger partial charge < -0.3 is 10.2 Å². The SMILES string of the molecule is O=C(CCc1ccncc1)N1CCC2NCCC2C1. The van der Waals surface area contributed by atoms with Crippen LogP contribution in [0.3, 0.4) is 0 Å². The molecule has 2 fully saturated rings. The second-order valence-electron chi connectivity index (χ2n) is 5.59. The minimum atomic E-state index is 0.308. The van der Waals surface area contributed by atoms with E-state index < -0.39 is 0 Å². The van der Waals surface area contributed by atoms with Crippen LogP contribution in [0, 0.1) is 5.92 Å². The maximum absolute atomic E-state index is 12.2. The smallest absolute Gasteiger partial charge is 0.222 e. The molecule has 0 bridgehead atoms. The summed E-state index contributed by atoms with van der Waals surface area (Å²) < 4.78 is 0. The number of nitrogens with one attached hydrogen (secondary N) is 1. The van der Waals surface area contributed by atoms with Gasteiger partial charge in [0, 0.05) is 37.9 Å². The second kappa shape index (κ2) is 5.70. The number of carbonyl (C=O) groups is 1. The number of rotatable bonds is 3. The summed E-state index contributed by atoms with van der Waals surface area (Å²) in [4.78, 5) is 18.3. The van der Waals surface area contributed by atoms with Crippen molar-refractivity contribution < 1.29 is 4.79 Å². The molecule has 0 saturated carbocycles. The van der Waals surface area contributed by atoms with Crippen LogP contribution in [0.25, 0.3) is 0 Å². The van der Waals surface area contributed by atoms with Gasteiger partial charge in [-0.3, -0.25) is 9.78 Å². The molecule has 4 heteroatoms. The van der Waals surface area contributed by atoms with Crippen LogP contribution >= 0.6 is 0 Å². The van der Waals surface area contributed by atoms with E-state index in [2.05, 4.69) is 15.2 Å². The predicted molar refractivity (Wildman–Crippen MR) is 73.7 cm³/mol. The molecule has 2 saturated heterocycles. The Bertz CT molecular complexity index is 434. The van der Waals surface area contributed by atoms with Gasteiger partial charge in [-0.25, -0.2) is 0 Å². The molecule has 2 aliphatic heterocycles. The quantitative estimate of drug-likeness (QED) is 0.888. The maximum atomic E-state index is 12.2. The molecule has 19 heavy (non-hydrogen) atoms. The second-order valence-corrected chi connectivity index (χ2v) is 5.59. The number of hydrogen-bond acceptors (Lipinski definition) is 3. The molecule has 102 valence electrons. The average Bonchev–Trinajstić information content (AvgIpc) is 2.93. The van der Waals surface area contributed by atoms with E-state index in [0.717, 1.165) is 32.5 Å². The lowest BCUT2D eigenvalue weighted by Gasteiger charge is -2.35. The minimum absolute atomic E-state index is 0.308. The number of pyridine rings is 1. The molecule has 4 nitrogen and oxygen atoms in total. The zero-order valence-electron chi connectivity index (χ0n) is 11.2. The van der Waals surface area contributed by atoms with E-state index in [0.29, 0.717) is 24.3 Å². The van der Waals surface area contributed by atoms with Crippen molar-refractivity contribution in [2.24, 2.45) is 5.92 Å². The summed E-state index contributed by atoms with van der Waals surface area (Å²) >= 11 is 0. The predicted octanol–water partition coefficient (Wildman–Crippen LogP) is 1.22. The van der Waals surface area contributed by atoms with E-state index in [9.17, 15) is 4.79 Å². The molecule has 2 atom stereocenters. The summed E-state index contributed by atoms with van der Waals surface area (Å²) in [5, 5.41) is 3.53. The van der Waals surface area contributed by atoms with Gasteiger partial charge >= 0.3 is 0 Å². The third-order valence-corrected chi connectivity index (χ3v) is 4.39. The first-order valence-corrected chi connectivity index (χ1v) is 7.23. The topological polar surface area (TPSA) is 45.2 Å². The molecular formula is C15H21N3O. The third-order valence-electron chi connectivity index (χ3n) is 4.39. The number of nitrogens with zero attached hydrogens (tertiary/aromatic N) is 2. The fourth-order valence-corrected chi connectivity index (χ4v) is 3.23. The summed E-state index contributed by atoms with van der Waals surface area (Å²) in [5.74, 6) is 0.987. The first-order chi connectivity index (χ1) is 9.33. The summed E-state index contributed by atoms with van der Waals surface area (Å²) in [6.07, 6.45) is 7.36. The maximum Gasteiger partial charge on any atom is 0.222 e. The zero-order chi connectivity index (χ0) is 13.1. The van der Waals surface area contributed by atoms with Crippen LogP contribution in [0.2, 0.25) is 0 Å². The summed E-state index contributed by atoms with van der Waals surface area (Å²) in [7, 11) is 0. The van der Waals surface area contributed by atoms with Crippen LogP contribution < -0.4 is 5.32 Å². The summed E-state index contributed by atoms with van der Waals surface area (Å²) in [5.41, 5.74) is 1.20. The molecule has 1 amide bonds. The van der Waals surface area contributed by atoms with Gasteiger partial charge in [0.25, 0.3) is 0 Å². The van der Waals surface area contributed by atoms with E-state index in [1.54, 1.807) is 12.4 Å². The van der Waals surface area contributed by atoms with Gasteiger partial charge in [0.05, 0.1) is 0 Å². The molecule has 1 aromatic rings. The molecule has 0 spiro atoms. The number of likely N-dealkylation sites (tertiary alicyclic amines) is 1. The molecule has 0 aromatic carbocycles. The molecule has 2 unspecified atom stereocenters. The summed E-state index contributed by atoms with van der Waals surface area (Å²) in [6, 6.07) is 4.63. The Balaban J connectivity index is 1.50. The van der Waals surface area contributed by atoms with E-state index in [1.807, 2.05) is 12.1 Å². The van der Waals surface area contributed by atoms with E-state index in [1.165, 1.54) is 12.0 Å². The van der Waals surface area contributed by atoms with Gasteiger partial charge in [-0.05, 0) is 49.4 Å². The van der Waals surface area contributed by atoms with Crippen LogP contribution in [-0.4, -0.2) is 41.5 Å². The first-order valence-electron chi connectivity index (χ1n) is 7.23. The number of carbonyl (C=O) groups excluding carboxylic acids is 1. The highest BCUT2D eigenvalue weighted by atomic mass is 16.2. The Morgan fingerprint density at radius 1 is 1.37 bits per heavy atom. The van der Waals surface area contributed by atoms with Gasteiger partial charge in [-0.15, -0.1) is 0 Å². The number of hydrogen-bond donors (Lipinski definition) is 1. The monoisotopic (exact) mass is 259 g/mol. The van der Waals surface area contributed by atoms with Crippen molar-refractivity contribution in [2.75, 3.05) is 19.6 Å². The van der Waals surface area contributed by atoms with Crippen molar-refractivity contribution >= 4 is 5.91 Å². The fraction of sp³-hybridized carbons (Fsp3) is 0.600. The first kappa shape index (κ1) is 12.6. The van der Waals surface area contributed by atoms with E-state index in [4.69, 9.17) is 0 Å². The highest BCUT2D eigenvalue weighted by molar-refractivity contribution is 5.76. The van der Waals surface area contributed by atoms with Gasteiger partial charge in [-0.2, -0.15) is 0 Å². The van der Waals surface area contributed by atoms with Gasteiger partial charge in [-0.1, -0.05) is 0 Å². The van der Waals surface area contributed by atoms with Gasteiger partial charge in [0.1, 0.15) is 0 Å². The average molecular weight is 259 g/mol. The van der Waals surface area contributed by atoms with Crippen LogP contribution in [0.4, 0.5) is 0 Å². The number of aromatic nitrogens is 1. The Kier molecular flexibility index (Phi) is 3.78. The molecule has 0 aliphatic carbocycles. The number of piperidine rings is 1. The number of aryl methyl sites for hydroxylation is 1. The molecule has 1 N–H and O–H groups in total. The lowest BCUT2D eigenvalue weighted by Crippen LogP contribution is -2.46. The van der Waals surface area contributed by atoms with Crippen molar-refractivity contribution in [3.8, 4) is 0 Å². The molecule has 3 heterocycles. The van der Waals surface area contributed by atoms with Crippen LogP contribution in [-0.2, 0) is 11.2 Å². The normalized spacial score (nSPS) is 26.2. The Hall–Kier alpha value is -1.42. The molecule has 3 rings (SSSR count). The Morgan fingerprint density at radius 2 is 2.21 bits per heavy atom. The van der Waals surface area contributed by atoms with Crippen molar-refractivity contribution in [3.63, 3.8) is 0 Å². The lowest BCUT2D eigenvalue weighted by atomic mass is 9.93. The largest absolute Gasteiger partial charge is 0.342 e. The van der Waals surface area contributed by atoms with Gasteiger partial charge in [0.2, 0.25) is 5.91 Å². The highest BCUT2D eigenvalue weighted by Gasteiger charge is 2.33. The summed E-state index contributed by atoms with van der Waals surface area (Å²) in [6.45, 7) is 2.99. The molecular weight excluding hydrogens is 238 g/mol. The van der Waals surface area contributed by atoms with Crippen molar-refractivity contribution in [2.45, 2.75) is 31.7 Å². The van der Waals surface area contributed by atoms with Crippen molar-refractivity contribution in [3.05, 3.63) is 30.1 Å². The number of amides is 1. The molecule has 1 aromatic heterocycles. The Morgan fingerprint density at radius 3 is 3.05 bits per heavy atom. The lowest BCUT2D eigenvalue weighted by molar-refractivity contribution is -0.133. The minimum Gasteiger partial charge on any atom is -0.342 e. The molecule has 0 radical (unpaired) electrons. The fourth-order valence-electron chi connectivity index (χ4n) is 3.23.